The molecule has 0 aliphatic heterocycles. The molecule has 0 radical (unpaired) electrons. The molecule has 21 heavy (non-hydrogen) atoms. The van der Waals surface area contributed by atoms with Gasteiger partial charge in [-0.15, -0.1) is 0 Å². The van der Waals surface area contributed by atoms with Gasteiger partial charge in [0.25, 0.3) is 0 Å². The van der Waals surface area contributed by atoms with Crippen LogP contribution >= 0.6 is 0 Å². The Balaban J connectivity index is 0.000000562. The molecule has 0 aromatic heterocycles. The van der Waals surface area contributed by atoms with Crippen LogP contribution in [0.25, 0.3) is 0 Å². The van der Waals surface area contributed by atoms with Crippen LogP contribution in [-0.2, 0) is 32.3 Å². The summed E-state index contributed by atoms with van der Waals surface area (Å²) in [7, 11) is 1.41. The van der Waals surface area contributed by atoms with Gasteiger partial charge in [0, 0.05) is 14.2 Å². The van der Waals surface area contributed by atoms with E-state index in [2.05, 4.69) is 36.0 Å². The van der Waals surface area contributed by atoms with E-state index >= 15 is 0 Å². The van der Waals surface area contributed by atoms with Gasteiger partial charge in [-0.3, -0.25) is 0 Å². The van der Waals surface area contributed by atoms with Crippen molar-refractivity contribution in [3.05, 3.63) is 71.9 Å². The maximum atomic E-state index is 5.35. The van der Waals surface area contributed by atoms with Gasteiger partial charge >= 0.3 is 25.6 Å². The number of hydrogen-bond acceptors (Lipinski definition) is 2. The number of rotatable bonds is 6. The van der Waals surface area contributed by atoms with Gasteiger partial charge in [0.1, 0.15) is 0 Å². The molecule has 0 aliphatic rings. The number of aryl methyl sites for hydroxylation is 1. The molecule has 2 aromatic rings. The molecule has 0 saturated carbocycles. The Morgan fingerprint density at radius 2 is 1.62 bits per heavy atom. The van der Waals surface area contributed by atoms with E-state index in [0.717, 1.165) is 12.8 Å². The molecule has 2 nitrogen and oxygen atoms in total. The molecule has 0 aliphatic carbocycles. The predicted octanol–water partition coefficient (Wildman–Crippen LogP) is 4.20. The first-order valence-corrected chi connectivity index (χ1v) is 9.25. The fourth-order valence-corrected chi connectivity index (χ4v) is 2.70. The molecule has 2 aromatic carbocycles. The van der Waals surface area contributed by atoms with Crippen molar-refractivity contribution in [2.45, 2.75) is 19.4 Å². The third-order valence-electron chi connectivity index (χ3n) is 3.12. The third kappa shape index (κ3) is 8.86. The standard InChI is InChI=1S/C12H19O2Si.C5H5.Fe/c1-13-15(3,14-2)11-7-6-10-12-8-4-5-9-12;1-2-4-5-3-1;/h4-5,7-9,11H,6,10H2,1-3H3;1-5H;/q2*-1;+2/b11-7+;;. The van der Waals surface area contributed by atoms with Crippen LogP contribution in [0.2, 0.25) is 6.55 Å². The average Bonchev–Trinajstić information content (AvgIpc) is 3.18. The smallest absolute Gasteiger partial charge is 0.395 e. The van der Waals surface area contributed by atoms with E-state index in [9.17, 15) is 0 Å². The van der Waals surface area contributed by atoms with Gasteiger partial charge in [-0.2, -0.15) is 35.9 Å². The van der Waals surface area contributed by atoms with Crippen LogP contribution in [-0.4, -0.2) is 22.8 Å². The Kier molecular flexibility index (Phi) is 11.2. The molecule has 0 saturated heterocycles. The topological polar surface area (TPSA) is 18.5 Å². The molecule has 116 valence electrons. The van der Waals surface area contributed by atoms with E-state index in [1.165, 1.54) is 5.56 Å². The summed E-state index contributed by atoms with van der Waals surface area (Å²) in [5.74, 6) is 0. The first-order chi connectivity index (χ1) is 9.70. The molecule has 4 heteroatoms. The minimum absolute atomic E-state index is 0. The Hall–Kier alpha value is -0.904. The van der Waals surface area contributed by atoms with Crippen LogP contribution in [0.4, 0.5) is 0 Å². The quantitative estimate of drug-likeness (QED) is 0.578. The summed E-state index contributed by atoms with van der Waals surface area (Å²) in [5, 5.41) is 0. The Morgan fingerprint density at radius 3 is 2.05 bits per heavy atom. The molecule has 0 bridgehead atoms. The predicted molar refractivity (Wildman–Crippen MR) is 87.2 cm³/mol. The first-order valence-electron chi connectivity index (χ1n) is 6.85. The summed E-state index contributed by atoms with van der Waals surface area (Å²) in [6.45, 7) is 2.03. The van der Waals surface area contributed by atoms with E-state index in [1.807, 2.05) is 36.9 Å². The zero-order valence-electron chi connectivity index (χ0n) is 12.9. The molecule has 0 heterocycles. The largest absolute Gasteiger partial charge is 2.00 e. The molecular formula is C17H24FeO2Si. The Bertz CT molecular complexity index is 428. The molecule has 0 fully saturated rings. The van der Waals surface area contributed by atoms with Crippen molar-refractivity contribution in [3.63, 3.8) is 0 Å². The maximum absolute atomic E-state index is 5.35. The van der Waals surface area contributed by atoms with Gasteiger partial charge in [-0.1, -0.05) is 12.5 Å². The molecule has 0 N–H and O–H groups in total. The van der Waals surface area contributed by atoms with E-state index in [1.54, 1.807) is 14.2 Å². The van der Waals surface area contributed by atoms with Crippen LogP contribution in [0.5, 0.6) is 0 Å². The van der Waals surface area contributed by atoms with Gasteiger partial charge in [-0.25, -0.2) is 24.3 Å². The van der Waals surface area contributed by atoms with Gasteiger partial charge in [0.15, 0.2) is 0 Å². The monoisotopic (exact) mass is 344 g/mol. The van der Waals surface area contributed by atoms with Crippen molar-refractivity contribution >= 4 is 8.56 Å². The van der Waals surface area contributed by atoms with Crippen molar-refractivity contribution in [2.75, 3.05) is 14.2 Å². The van der Waals surface area contributed by atoms with E-state index < -0.39 is 8.56 Å². The summed E-state index contributed by atoms with van der Waals surface area (Å²) in [5.41, 5.74) is 3.48. The summed E-state index contributed by atoms with van der Waals surface area (Å²) < 4.78 is 10.7. The normalized spacial score (nSPS) is 10.8. The van der Waals surface area contributed by atoms with Crippen molar-refractivity contribution in [3.8, 4) is 0 Å². The second kappa shape index (κ2) is 11.7. The van der Waals surface area contributed by atoms with Crippen LogP contribution in [0, 0.1) is 0 Å². The second-order valence-corrected chi connectivity index (χ2v) is 7.80. The van der Waals surface area contributed by atoms with Crippen molar-refractivity contribution in [2.24, 2.45) is 0 Å². The zero-order chi connectivity index (χ0) is 14.7. The maximum Gasteiger partial charge on any atom is 2.00 e. The van der Waals surface area contributed by atoms with E-state index in [4.69, 9.17) is 8.85 Å². The van der Waals surface area contributed by atoms with Crippen LogP contribution in [0.1, 0.15) is 12.0 Å². The molecular weight excluding hydrogens is 320 g/mol. The minimum atomic E-state index is -2.00. The fraction of sp³-hybridized carbons (Fsp3) is 0.294. The van der Waals surface area contributed by atoms with Gasteiger partial charge in [0.05, 0.1) is 0 Å². The van der Waals surface area contributed by atoms with Crippen LogP contribution < -0.4 is 0 Å². The van der Waals surface area contributed by atoms with Crippen molar-refractivity contribution < 1.29 is 25.9 Å². The molecule has 0 unspecified atom stereocenters. The number of hydrogen-bond donors (Lipinski definition) is 0. The molecule has 0 atom stereocenters. The SMILES string of the molecule is CO[Si](C)(/C=C/CC[c-]1cccc1)OC.[Fe+2].c1cc[cH-]c1. The van der Waals surface area contributed by atoms with Gasteiger partial charge in [-0.05, 0) is 18.7 Å². The van der Waals surface area contributed by atoms with E-state index in [-0.39, 0.29) is 17.1 Å². The number of allylic oxidation sites excluding steroid dienone is 1. The Morgan fingerprint density at radius 1 is 1.05 bits per heavy atom. The second-order valence-electron chi connectivity index (χ2n) is 4.62. The third-order valence-corrected chi connectivity index (χ3v) is 5.58. The fourth-order valence-electron chi connectivity index (χ4n) is 1.67. The summed E-state index contributed by atoms with van der Waals surface area (Å²) in [6, 6.07) is 18.4. The van der Waals surface area contributed by atoms with Gasteiger partial charge in [0.2, 0.25) is 0 Å². The molecule has 0 spiro atoms. The van der Waals surface area contributed by atoms with Crippen LogP contribution in [0.15, 0.2) is 66.4 Å². The van der Waals surface area contributed by atoms with Crippen LogP contribution in [0.3, 0.4) is 0 Å². The first kappa shape index (κ1) is 20.1. The summed E-state index contributed by atoms with van der Waals surface area (Å²) in [6.07, 6.45) is 4.28. The molecule has 0 amide bonds. The average molecular weight is 344 g/mol. The zero-order valence-corrected chi connectivity index (χ0v) is 15.0. The minimum Gasteiger partial charge on any atom is -0.395 e. The van der Waals surface area contributed by atoms with Gasteiger partial charge < -0.3 is 8.85 Å². The Labute approximate surface area is 140 Å². The summed E-state index contributed by atoms with van der Waals surface area (Å²) >= 11 is 0. The summed E-state index contributed by atoms with van der Waals surface area (Å²) in [4.78, 5) is 0. The molecule has 2 rings (SSSR count). The van der Waals surface area contributed by atoms with Crippen molar-refractivity contribution in [1.29, 1.82) is 0 Å². The van der Waals surface area contributed by atoms with E-state index in [0.29, 0.717) is 0 Å². The van der Waals surface area contributed by atoms with Crippen molar-refractivity contribution in [1.82, 2.24) is 0 Å².